The molecule has 27 heteroatoms. The van der Waals surface area contributed by atoms with Gasteiger partial charge in [-0.15, -0.1) is 0 Å². The van der Waals surface area contributed by atoms with Crippen LogP contribution in [-0.2, 0) is 48.2 Å². The molecule has 6 atom stereocenters. The van der Waals surface area contributed by atoms with Crippen LogP contribution in [0.1, 0.15) is 74.5 Å². The molecule has 6 aromatic carbocycles. The highest BCUT2D eigenvalue weighted by molar-refractivity contribution is 6.43. The first-order chi connectivity index (χ1) is 47.8. The van der Waals surface area contributed by atoms with Crippen molar-refractivity contribution in [1.82, 2.24) is 43.8 Å². The van der Waals surface area contributed by atoms with Crippen molar-refractivity contribution < 1.29 is 33.3 Å². The van der Waals surface area contributed by atoms with Gasteiger partial charge in [-0.2, -0.15) is 4.98 Å². The lowest BCUT2D eigenvalue weighted by Crippen LogP contribution is -2.46. The zero-order chi connectivity index (χ0) is 70.4. The predicted octanol–water partition coefficient (Wildman–Crippen LogP) is 11.4. The number of esters is 3. The molecule has 99 heavy (non-hydrogen) atoms. The third-order valence-corrected chi connectivity index (χ3v) is 20.4. The molecule has 0 saturated carbocycles. The number of fused-ring (bicyclic) bond motifs is 4. The van der Waals surface area contributed by atoms with Gasteiger partial charge in [0.2, 0.25) is 0 Å². The van der Waals surface area contributed by atoms with Gasteiger partial charge in [-0.05, 0) is 167 Å². The Morgan fingerprint density at radius 3 is 1.34 bits per heavy atom. The quantitative estimate of drug-likeness (QED) is 0.0637. The highest BCUT2D eigenvalue weighted by Gasteiger charge is 2.39. The van der Waals surface area contributed by atoms with Gasteiger partial charge in [-0.1, -0.05) is 124 Å². The number of piperidine rings is 3. The fourth-order valence-electron chi connectivity index (χ4n) is 13.2. The summed E-state index contributed by atoms with van der Waals surface area (Å²) >= 11 is 36.6. The van der Waals surface area contributed by atoms with Crippen LogP contribution in [0, 0.1) is 17.8 Å². The molecule has 3 saturated heterocycles. The summed E-state index contributed by atoms with van der Waals surface area (Å²) in [7, 11) is 0. The van der Waals surface area contributed by atoms with Crippen LogP contribution in [0.15, 0.2) is 151 Å². The molecule has 0 bridgehead atoms. The number of rotatable bonds is 15. The molecule has 522 valence electrons. The number of carbonyl (C=O) groups excluding carboxylic acids is 3. The van der Waals surface area contributed by atoms with Crippen LogP contribution in [0.25, 0.3) is 32.7 Å². The van der Waals surface area contributed by atoms with Crippen molar-refractivity contribution in [2.45, 2.75) is 77.4 Å². The Balaban J connectivity index is 0.000000150. The topological polar surface area (TPSA) is 251 Å². The van der Waals surface area contributed by atoms with Crippen LogP contribution in [0.3, 0.4) is 0 Å². The first-order valence-corrected chi connectivity index (χ1v) is 35.1. The smallest absolute Gasteiger partial charge is 0.328 e. The van der Waals surface area contributed by atoms with Gasteiger partial charge in [0.05, 0.1) is 107 Å². The fourth-order valence-corrected chi connectivity index (χ4v) is 14.1. The molecule has 7 heterocycles. The Labute approximate surface area is 599 Å². The van der Waals surface area contributed by atoms with E-state index in [2.05, 4.69) is 30.1 Å². The van der Waals surface area contributed by atoms with Crippen molar-refractivity contribution in [2.75, 3.05) is 78.8 Å². The standard InChI is InChI=1S/2C24H25Cl2N3O4.C14H17Cl2NO2.C10H8N2O2/c2*1-2-33-23(31)18-14-28(10-9-16(18)15-7-8-19(25)20(26)13-15)11-12-29-22(30)17-5-3-4-6-21(17)27-24(29)32;1-2-19-14(18)11-8-17-6-5-10(11)9-3-4-12(15)13(16)7-9;13-9-7-3-1-2-4-8(7)11-10-12(9)5-6-14-10/h2*3-8,13,16,18H,2,9-12,14H2,1H3,(H,27,32);3-4,7,10-11,17H,2,5-6,8H2,1H3;1-4H,5-6H2/t16-,18+;16-,18-;;/m00../s1. The third kappa shape index (κ3) is 17.8. The number of H-pyrrole nitrogens is 2. The Morgan fingerprint density at radius 1 is 0.485 bits per heavy atom. The summed E-state index contributed by atoms with van der Waals surface area (Å²) in [5.74, 6) is -1.58. The first kappa shape index (κ1) is 73.9. The molecular formula is C72H75Cl6N9O12. The molecule has 4 aliphatic heterocycles. The first-order valence-electron chi connectivity index (χ1n) is 32.8. The van der Waals surface area contributed by atoms with E-state index in [4.69, 9.17) is 88.6 Å². The maximum atomic E-state index is 12.8. The summed E-state index contributed by atoms with van der Waals surface area (Å²) in [6.07, 6.45) is 2.32. The molecule has 3 fully saturated rings. The Hall–Kier alpha value is -7.83. The molecule has 13 rings (SSSR count). The molecule has 0 amide bonds. The van der Waals surface area contributed by atoms with E-state index in [-0.39, 0.29) is 83.2 Å². The number of benzene rings is 6. The number of aromatic amines is 2. The largest absolute Gasteiger partial charge is 0.466 e. The van der Waals surface area contributed by atoms with Crippen LogP contribution < -0.4 is 38.1 Å². The van der Waals surface area contributed by atoms with Gasteiger partial charge in [0.1, 0.15) is 6.61 Å². The number of para-hydroxylation sites is 3. The minimum Gasteiger partial charge on any atom is -0.466 e. The van der Waals surface area contributed by atoms with Gasteiger partial charge < -0.3 is 44.0 Å². The highest BCUT2D eigenvalue weighted by atomic mass is 35.5. The predicted molar refractivity (Wildman–Crippen MR) is 387 cm³/mol. The average Bonchev–Trinajstić information content (AvgIpc) is 1.79. The number of nitrogens with zero attached hydrogens (tertiary/aromatic N) is 6. The van der Waals surface area contributed by atoms with Crippen molar-refractivity contribution >= 4 is 120 Å². The lowest BCUT2D eigenvalue weighted by Gasteiger charge is -2.37. The number of ether oxygens (including phenoxy) is 4. The number of hydrogen-bond acceptors (Lipinski definition) is 16. The second-order valence-electron chi connectivity index (χ2n) is 24.2. The summed E-state index contributed by atoms with van der Waals surface area (Å²) in [6, 6.07) is 38.1. The minimum absolute atomic E-state index is 0.0110. The number of nitrogens with one attached hydrogen (secondary N) is 3. The van der Waals surface area contributed by atoms with E-state index in [1.807, 2.05) is 61.5 Å². The number of hydrogen-bond donors (Lipinski definition) is 3. The maximum absolute atomic E-state index is 12.8. The summed E-state index contributed by atoms with van der Waals surface area (Å²) in [4.78, 5) is 114. The molecule has 3 N–H and O–H groups in total. The lowest BCUT2D eigenvalue weighted by atomic mass is 9.80. The minimum atomic E-state index is -0.439. The lowest BCUT2D eigenvalue weighted by molar-refractivity contribution is -0.151. The van der Waals surface area contributed by atoms with Crippen molar-refractivity contribution in [3.8, 4) is 6.01 Å². The second-order valence-corrected chi connectivity index (χ2v) is 26.6. The van der Waals surface area contributed by atoms with E-state index in [0.29, 0.717) is 160 Å². The van der Waals surface area contributed by atoms with Gasteiger partial charge >= 0.3 is 29.3 Å². The molecule has 21 nitrogen and oxygen atoms in total. The van der Waals surface area contributed by atoms with Gasteiger partial charge in [0.15, 0.2) is 0 Å². The van der Waals surface area contributed by atoms with E-state index < -0.39 is 11.4 Å². The zero-order valence-electron chi connectivity index (χ0n) is 54.7. The van der Waals surface area contributed by atoms with E-state index in [9.17, 15) is 38.4 Å². The monoisotopic (exact) mass is 1470 g/mol. The molecule has 2 unspecified atom stereocenters. The normalized spacial score (nSPS) is 19.1. The SMILES string of the molecule is CCOC(=O)C1CNCCC1c1ccc(Cl)c(Cl)c1.CCOC(=O)[C@@H]1CN(CCn2c(=O)[nH]c3ccccc3c2=O)CC[C@H]1c1ccc(Cl)c(Cl)c1.CCOC(=O)[C@H]1CN(CCn2c(=O)[nH]c3ccccc3c2=O)CC[C@H]1c1ccc(Cl)c(Cl)c1.O=c1c2ccccc2nc2n1CCO2. The van der Waals surface area contributed by atoms with Crippen LogP contribution in [0.2, 0.25) is 30.1 Å². The van der Waals surface area contributed by atoms with E-state index in [1.54, 1.807) is 91.2 Å². The summed E-state index contributed by atoms with van der Waals surface area (Å²) in [5.41, 5.74) is 3.17. The summed E-state index contributed by atoms with van der Waals surface area (Å²) < 4.78 is 25.1. The molecule has 0 spiro atoms. The molecular weight excluding hydrogens is 1400 g/mol. The Bertz CT molecular complexity index is 4520. The van der Waals surface area contributed by atoms with E-state index in [0.717, 1.165) is 29.7 Å². The Morgan fingerprint density at radius 2 is 0.899 bits per heavy atom. The van der Waals surface area contributed by atoms with E-state index >= 15 is 0 Å². The van der Waals surface area contributed by atoms with Crippen LogP contribution >= 0.6 is 69.6 Å². The van der Waals surface area contributed by atoms with Crippen LogP contribution in [0.5, 0.6) is 6.01 Å². The summed E-state index contributed by atoms with van der Waals surface area (Å²) in [6.45, 7) is 12.8. The number of likely N-dealkylation sites (tertiary alicyclic amines) is 2. The average molecular weight is 1470 g/mol. The highest BCUT2D eigenvalue weighted by Crippen LogP contribution is 2.39. The summed E-state index contributed by atoms with van der Waals surface area (Å²) in [5, 5.41) is 7.74. The van der Waals surface area contributed by atoms with Crippen molar-refractivity contribution in [2.24, 2.45) is 17.8 Å². The van der Waals surface area contributed by atoms with Crippen molar-refractivity contribution in [3.05, 3.63) is 226 Å². The molecule has 4 aliphatic rings. The van der Waals surface area contributed by atoms with Crippen LogP contribution in [0.4, 0.5) is 0 Å². The van der Waals surface area contributed by atoms with Crippen molar-refractivity contribution in [3.63, 3.8) is 0 Å². The number of carbonyl (C=O) groups is 3. The molecule has 0 radical (unpaired) electrons. The molecule has 9 aromatic rings. The Kier molecular flexibility index (Phi) is 25.7. The van der Waals surface area contributed by atoms with Gasteiger partial charge in [0, 0.05) is 45.8 Å². The maximum Gasteiger partial charge on any atom is 0.328 e. The van der Waals surface area contributed by atoms with Gasteiger partial charge in [0.25, 0.3) is 22.7 Å². The van der Waals surface area contributed by atoms with Crippen molar-refractivity contribution in [1.29, 1.82) is 0 Å². The number of aromatic nitrogens is 6. The molecule has 0 aliphatic carbocycles. The van der Waals surface area contributed by atoms with Crippen LogP contribution in [-0.4, -0.2) is 135 Å². The molecule has 3 aromatic heterocycles. The second kappa shape index (κ2) is 34.5. The third-order valence-electron chi connectivity index (χ3n) is 18.2. The zero-order valence-corrected chi connectivity index (χ0v) is 59.2. The van der Waals surface area contributed by atoms with E-state index in [1.165, 1.54) is 9.13 Å². The number of halogens is 6. The van der Waals surface area contributed by atoms with Gasteiger partial charge in [-0.3, -0.25) is 42.5 Å². The fraction of sp³-hybridized carbons (Fsp3) is 0.375. The van der Waals surface area contributed by atoms with Gasteiger partial charge in [-0.25, -0.2) is 9.59 Å².